The lowest BCUT2D eigenvalue weighted by atomic mass is 9.83. The van der Waals surface area contributed by atoms with E-state index in [1.807, 2.05) is 29.2 Å². The Kier molecular flexibility index (Phi) is 13.5. The number of likely N-dealkylation sites (tertiary alicyclic amines) is 2. The molecular formula is C33H50B2N8O5. The molecule has 1 aromatic carbocycles. The zero-order chi connectivity index (χ0) is 34.6. The molecule has 1 unspecified atom stereocenters. The van der Waals surface area contributed by atoms with Gasteiger partial charge in [0.1, 0.15) is 33.5 Å². The fourth-order valence-corrected chi connectivity index (χ4v) is 6.64. The first kappa shape index (κ1) is 36.6. The van der Waals surface area contributed by atoms with Gasteiger partial charge in [-0.15, -0.1) is 0 Å². The number of urea groups is 2. The molecule has 0 spiro atoms. The molecule has 2 aromatic rings. The zero-order valence-electron chi connectivity index (χ0n) is 28.5. The third-order valence-electron chi connectivity index (χ3n) is 9.49. The number of nitrogens with one attached hydrogen (secondary N) is 4. The number of phenols is 1. The van der Waals surface area contributed by atoms with Crippen molar-refractivity contribution >= 4 is 50.5 Å². The van der Waals surface area contributed by atoms with Crippen LogP contribution in [0, 0.1) is 0 Å². The standard InChI is InChI=1S/C33H50B2N8O5/c1-37-32(47)39-24-9-16-43(17-10-24)33(48)41-28(20-21-18-25(34)29(44)26(35)19-21)30(45)40-27(4-2-3-11-36)31(46)42-14-7-23(8-15-42)22-5-12-38-13-6-22/h5-6,12-13,18-19,23-24,27-28,44H,2-4,7-11,14-17,20,34-36H2,1H3,(H,40,45)(H,41,48)(H2,37,39,47)/t27?,28-/m1/s1. The van der Waals surface area contributed by atoms with Crippen molar-refractivity contribution in [3.05, 3.63) is 47.8 Å². The van der Waals surface area contributed by atoms with Crippen LogP contribution in [0.15, 0.2) is 36.7 Å². The van der Waals surface area contributed by atoms with Crippen LogP contribution in [-0.4, -0.2) is 117 Å². The lowest BCUT2D eigenvalue weighted by Crippen LogP contribution is -2.58. The summed E-state index contributed by atoms with van der Waals surface area (Å²) in [7, 11) is 5.14. The number of unbranched alkanes of at least 4 members (excludes halogenated alkanes) is 1. The molecule has 2 aliphatic rings. The minimum Gasteiger partial charge on any atom is -0.509 e. The first-order valence-corrected chi connectivity index (χ1v) is 17.1. The van der Waals surface area contributed by atoms with Gasteiger partial charge in [-0.05, 0) is 91.6 Å². The molecule has 6 amide bonds. The van der Waals surface area contributed by atoms with E-state index in [2.05, 4.69) is 26.3 Å². The highest BCUT2D eigenvalue weighted by atomic mass is 16.3. The molecule has 0 bridgehead atoms. The van der Waals surface area contributed by atoms with Crippen LogP contribution >= 0.6 is 0 Å². The van der Waals surface area contributed by atoms with Crippen molar-refractivity contribution in [3.63, 3.8) is 0 Å². The predicted octanol–water partition coefficient (Wildman–Crippen LogP) is -1.66. The Hall–Kier alpha value is -4.26. The summed E-state index contributed by atoms with van der Waals surface area (Å²) in [4.78, 5) is 60.8. The molecule has 4 rings (SSSR count). The Morgan fingerprint density at radius 1 is 0.938 bits per heavy atom. The number of pyridine rings is 1. The number of amides is 6. The molecule has 15 heteroatoms. The van der Waals surface area contributed by atoms with Gasteiger partial charge in [0.25, 0.3) is 0 Å². The number of hydrogen-bond donors (Lipinski definition) is 6. The van der Waals surface area contributed by atoms with Crippen LogP contribution in [0.5, 0.6) is 5.75 Å². The van der Waals surface area contributed by atoms with E-state index in [9.17, 15) is 24.3 Å². The summed E-state index contributed by atoms with van der Waals surface area (Å²) < 4.78 is 0. The molecule has 2 atom stereocenters. The number of carbonyl (C=O) groups excluding carboxylic acids is 4. The molecule has 13 nitrogen and oxygen atoms in total. The van der Waals surface area contributed by atoms with Crippen LogP contribution in [-0.2, 0) is 16.0 Å². The number of nitrogens with two attached hydrogens (primary N) is 1. The highest BCUT2D eigenvalue weighted by Gasteiger charge is 2.33. The third kappa shape index (κ3) is 10.1. The maximum atomic E-state index is 14.0. The van der Waals surface area contributed by atoms with Crippen LogP contribution in [0.1, 0.15) is 62.0 Å². The number of benzene rings is 1. The zero-order valence-corrected chi connectivity index (χ0v) is 28.5. The average molecular weight is 660 g/mol. The van der Waals surface area contributed by atoms with Gasteiger partial charge in [-0.2, -0.15) is 0 Å². The molecule has 0 radical (unpaired) electrons. The van der Waals surface area contributed by atoms with Crippen molar-refractivity contribution < 1.29 is 24.3 Å². The molecule has 48 heavy (non-hydrogen) atoms. The molecular weight excluding hydrogens is 610 g/mol. The normalized spacial score (nSPS) is 16.9. The summed E-state index contributed by atoms with van der Waals surface area (Å²) in [6.45, 7) is 2.50. The smallest absolute Gasteiger partial charge is 0.318 e. The van der Waals surface area contributed by atoms with Crippen molar-refractivity contribution in [2.24, 2.45) is 5.73 Å². The Bertz CT molecular complexity index is 1380. The number of nitrogens with zero attached hydrogens (tertiary/aromatic N) is 3. The maximum absolute atomic E-state index is 14.0. The quantitative estimate of drug-likeness (QED) is 0.116. The van der Waals surface area contributed by atoms with E-state index in [-0.39, 0.29) is 36.2 Å². The SMILES string of the molecule is Bc1cc(C[C@@H](NC(=O)N2CCC(NC(=O)NC)CC2)C(=O)NC(CCCCN)C(=O)N2CCC(c3ccncc3)CC2)cc(B)c1O. The maximum Gasteiger partial charge on any atom is 0.318 e. The van der Waals surface area contributed by atoms with Crippen molar-refractivity contribution in [1.29, 1.82) is 0 Å². The Labute approximate surface area is 285 Å². The van der Waals surface area contributed by atoms with Gasteiger partial charge in [-0.1, -0.05) is 12.1 Å². The van der Waals surface area contributed by atoms with Crippen molar-refractivity contribution in [2.75, 3.05) is 39.8 Å². The summed E-state index contributed by atoms with van der Waals surface area (Å²) in [5.41, 5.74) is 9.10. The van der Waals surface area contributed by atoms with Crippen molar-refractivity contribution in [1.82, 2.24) is 36.1 Å². The Morgan fingerprint density at radius 3 is 2.17 bits per heavy atom. The summed E-state index contributed by atoms with van der Waals surface area (Å²) in [6.07, 6.45) is 8.42. The second kappa shape index (κ2) is 17.8. The highest BCUT2D eigenvalue weighted by Crippen LogP contribution is 2.28. The summed E-state index contributed by atoms with van der Waals surface area (Å²) in [5.74, 6) is -0.0274. The van der Waals surface area contributed by atoms with Crippen LogP contribution in [0.2, 0.25) is 0 Å². The number of aromatic nitrogens is 1. The molecule has 2 aliphatic heterocycles. The van der Waals surface area contributed by atoms with E-state index < -0.39 is 18.0 Å². The minimum atomic E-state index is -0.968. The largest absolute Gasteiger partial charge is 0.509 e. The van der Waals surface area contributed by atoms with E-state index in [1.165, 1.54) is 5.56 Å². The van der Waals surface area contributed by atoms with Gasteiger partial charge in [0, 0.05) is 58.1 Å². The number of hydrogen-bond acceptors (Lipinski definition) is 7. The Balaban J connectivity index is 1.47. The topological polar surface area (TPSA) is 182 Å². The van der Waals surface area contributed by atoms with Gasteiger partial charge in [-0.25, -0.2) is 9.59 Å². The molecule has 0 saturated carbocycles. The second-order valence-electron chi connectivity index (χ2n) is 13.0. The van der Waals surface area contributed by atoms with Crippen molar-refractivity contribution in [2.45, 2.75) is 75.4 Å². The molecule has 1 aromatic heterocycles. The Morgan fingerprint density at radius 2 is 1.56 bits per heavy atom. The number of aromatic hydroxyl groups is 1. The van der Waals surface area contributed by atoms with E-state index in [1.54, 1.807) is 40.0 Å². The predicted molar refractivity (Wildman–Crippen MR) is 190 cm³/mol. The van der Waals surface area contributed by atoms with Gasteiger partial charge in [-0.3, -0.25) is 14.6 Å². The van der Waals surface area contributed by atoms with Crippen LogP contribution < -0.4 is 37.9 Å². The van der Waals surface area contributed by atoms with E-state index >= 15 is 0 Å². The fraction of sp³-hybridized carbons (Fsp3) is 0.545. The lowest BCUT2D eigenvalue weighted by Gasteiger charge is -2.35. The van der Waals surface area contributed by atoms with Gasteiger partial charge in [0.15, 0.2) is 0 Å². The number of carbonyl (C=O) groups is 4. The molecule has 2 saturated heterocycles. The van der Waals surface area contributed by atoms with E-state index in [0.29, 0.717) is 75.3 Å². The molecule has 7 N–H and O–H groups in total. The van der Waals surface area contributed by atoms with Crippen LogP contribution in [0.25, 0.3) is 0 Å². The molecule has 0 aliphatic carbocycles. The van der Waals surface area contributed by atoms with Gasteiger partial charge >= 0.3 is 12.1 Å². The van der Waals surface area contributed by atoms with Crippen molar-refractivity contribution in [3.8, 4) is 5.75 Å². The molecule has 258 valence electrons. The molecule has 2 fully saturated rings. The van der Waals surface area contributed by atoms with Gasteiger partial charge in [0.2, 0.25) is 11.8 Å². The second-order valence-corrected chi connectivity index (χ2v) is 13.0. The summed E-state index contributed by atoms with van der Waals surface area (Å²) in [5, 5.41) is 21.7. The lowest BCUT2D eigenvalue weighted by molar-refractivity contribution is -0.138. The first-order valence-electron chi connectivity index (χ1n) is 17.1. The van der Waals surface area contributed by atoms with E-state index in [4.69, 9.17) is 5.73 Å². The monoisotopic (exact) mass is 660 g/mol. The summed E-state index contributed by atoms with van der Waals surface area (Å²) >= 11 is 0. The minimum absolute atomic E-state index is 0.0499. The molecule has 3 heterocycles. The summed E-state index contributed by atoms with van der Waals surface area (Å²) in [6, 6.07) is 5.24. The number of piperidine rings is 2. The first-order chi connectivity index (χ1) is 23.1. The number of rotatable bonds is 12. The average Bonchev–Trinajstić information content (AvgIpc) is 3.10. The van der Waals surface area contributed by atoms with Crippen LogP contribution in [0.3, 0.4) is 0 Å². The van der Waals surface area contributed by atoms with Crippen LogP contribution in [0.4, 0.5) is 9.59 Å². The van der Waals surface area contributed by atoms with Gasteiger partial charge < -0.3 is 41.9 Å². The highest BCUT2D eigenvalue weighted by molar-refractivity contribution is 6.41. The van der Waals surface area contributed by atoms with E-state index in [0.717, 1.165) is 24.8 Å². The van der Waals surface area contributed by atoms with Gasteiger partial charge in [0.05, 0.1) is 0 Å². The fourth-order valence-electron chi connectivity index (χ4n) is 6.64. The third-order valence-corrected chi connectivity index (χ3v) is 9.49. The number of phenolic OH excluding ortho intramolecular Hbond substituents is 1.